The Morgan fingerprint density at radius 1 is 1.08 bits per heavy atom. The minimum absolute atomic E-state index is 0.119. The molecule has 2 aromatic heterocycles. The van der Waals surface area contributed by atoms with Crippen molar-refractivity contribution in [3.8, 4) is 5.75 Å². The lowest BCUT2D eigenvalue weighted by molar-refractivity contribution is -0.118. The number of para-hydroxylation sites is 1. The van der Waals surface area contributed by atoms with Crippen LogP contribution in [-0.4, -0.2) is 46.5 Å². The highest BCUT2D eigenvalue weighted by Gasteiger charge is 2.21. The molecule has 9 heteroatoms. The van der Waals surface area contributed by atoms with Gasteiger partial charge in [0.1, 0.15) is 17.1 Å². The first-order chi connectivity index (χ1) is 17.7. The zero-order valence-corrected chi connectivity index (χ0v) is 21.9. The number of aromatic nitrogens is 3. The van der Waals surface area contributed by atoms with Crippen LogP contribution in [0.5, 0.6) is 5.75 Å². The summed E-state index contributed by atoms with van der Waals surface area (Å²) in [6.45, 7) is 3.91. The quantitative estimate of drug-likeness (QED) is 0.225. The fourth-order valence-corrected chi connectivity index (χ4v) is 6.12. The maximum absolute atomic E-state index is 12.4. The van der Waals surface area contributed by atoms with Crippen molar-refractivity contribution in [3.05, 3.63) is 66.2 Å². The molecule has 186 valence electrons. The van der Waals surface area contributed by atoms with E-state index in [1.54, 1.807) is 11.8 Å². The molecule has 5 rings (SSSR count). The summed E-state index contributed by atoms with van der Waals surface area (Å²) in [4.78, 5) is 19.7. The van der Waals surface area contributed by atoms with Gasteiger partial charge in [-0.3, -0.25) is 10.1 Å². The number of thioether (sulfide) groups is 1. The monoisotopic (exact) mass is 519 g/mol. The Balaban J connectivity index is 1.21. The summed E-state index contributed by atoms with van der Waals surface area (Å²) < 4.78 is 6.73. The minimum atomic E-state index is -0.271. The molecule has 0 bridgehead atoms. The summed E-state index contributed by atoms with van der Waals surface area (Å²) in [6, 6.07) is 20.7. The number of carbonyl (C=O) groups excluding carboxylic acids is 1. The van der Waals surface area contributed by atoms with Crippen LogP contribution >= 0.6 is 23.1 Å². The van der Waals surface area contributed by atoms with E-state index in [4.69, 9.17) is 9.72 Å². The molecule has 0 atom stereocenters. The molecule has 0 spiro atoms. The largest absolute Gasteiger partial charge is 0.481 e. The van der Waals surface area contributed by atoms with Gasteiger partial charge in [-0.2, -0.15) is 0 Å². The number of nitrogens with one attached hydrogen (secondary N) is 1. The normalized spacial score (nSPS) is 14.2. The minimum Gasteiger partial charge on any atom is -0.481 e. The van der Waals surface area contributed by atoms with Gasteiger partial charge in [-0.05, 0) is 54.7 Å². The fourth-order valence-electron chi connectivity index (χ4n) is 4.46. The number of nitrogens with zero attached hydrogens (tertiary/aromatic N) is 4. The second-order valence-corrected chi connectivity index (χ2v) is 11.2. The van der Waals surface area contributed by atoms with E-state index in [2.05, 4.69) is 69.8 Å². The van der Waals surface area contributed by atoms with E-state index >= 15 is 0 Å². The van der Waals surface area contributed by atoms with Gasteiger partial charge >= 0.3 is 0 Å². The second-order valence-electron chi connectivity index (χ2n) is 8.76. The molecular weight excluding hydrogens is 490 g/mol. The Labute approximate surface area is 219 Å². The molecule has 1 N–H and O–H groups in total. The highest BCUT2D eigenvalue weighted by atomic mass is 32.2. The molecule has 4 aromatic rings. The highest BCUT2D eigenvalue weighted by molar-refractivity contribution is 8.01. The average Bonchev–Trinajstić information content (AvgIpc) is 3.35. The lowest BCUT2D eigenvalue weighted by Crippen LogP contribution is -2.34. The van der Waals surface area contributed by atoms with Crippen molar-refractivity contribution in [2.24, 2.45) is 5.92 Å². The molecule has 0 radical (unpaired) electrons. The van der Waals surface area contributed by atoms with Crippen LogP contribution in [0.3, 0.4) is 0 Å². The zero-order valence-electron chi connectivity index (χ0n) is 20.2. The molecule has 0 saturated carbocycles. The first-order valence-corrected chi connectivity index (χ1v) is 14.1. The van der Waals surface area contributed by atoms with Crippen LogP contribution < -0.4 is 15.0 Å². The van der Waals surface area contributed by atoms with E-state index < -0.39 is 0 Å². The molecule has 1 amide bonds. The molecule has 1 saturated heterocycles. The van der Waals surface area contributed by atoms with Gasteiger partial charge in [-0.25, -0.2) is 4.98 Å². The van der Waals surface area contributed by atoms with Crippen LogP contribution in [0.4, 0.5) is 10.9 Å². The first-order valence-electron chi connectivity index (χ1n) is 12.3. The van der Waals surface area contributed by atoms with Crippen molar-refractivity contribution >= 4 is 50.9 Å². The Bertz CT molecular complexity index is 1310. The zero-order chi connectivity index (χ0) is 24.7. The topological polar surface area (TPSA) is 80.2 Å². The van der Waals surface area contributed by atoms with E-state index in [9.17, 15) is 4.79 Å². The van der Waals surface area contributed by atoms with Crippen LogP contribution in [0.25, 0.3) is 10.9 Å². The van der Waals surface area contributed by atoms with Gasteiger partial charge < -0.3 is 9.64 Å². The number of hydrogen-bond donors (Lipinski definition) is 1. The van der Waals surface area contributed by atoms with Gasteiger partial charge in [-0.15, -0.1) is 10.2 Å². The van der Waals surface area contributed by atoms with Crippen LogP contribution in [0.2, 0.25) is 0 Å². The van der Waals surface area contributed by atoms with Gasteiger partial charge in [0, 0.05) is 18.5 Å². The number of hydrogen-bond acceptors (Lipinski definition) is 8. The van der Waals surface area contributed by atoms with Crippen molar-refractivity contribution in [3.63, 3.8) is 0 Å². The van der Waals surface area contributed by atoms with Crippen LogP contribution in [0, 0.1) is 5.92 Å². The van der Waals surface area contributed by atoms with Crippen molar-refractivity contribution in [1.82, 2.24) is 15.2 Å². The molecule has 1 aliphatic heterocycles. The Kier molecular flexibility index (Phi) is 7.98. The van der Waals surface area contributed by atoms with Gasteiger partial charge in [-0.1, -0.05) is 72.5 Å². The van der Waals surface area contributed by atoms with Gasteiger partial charge in [0.25, 0.3) is 5.91 Å². The summed E-state index contributed by atoms with van der Waals surface area (Å²) in [7, 11) is 0. The number of rotatable bonds is 9. The van der Waals surface area contributed by atoms with Gasteiger partial charge in [0.05, 0.1) is 0 Å². The summed E-state index contributed by atoms with van der Waals surface area (Å²) in [6.07, 6.45) is 3.43. The average molecular weight is 520 g/mol. The number of pyridine rings is 1. The van der Waals surface area contributed by atoms with E-state index in [-0.39, 0.29) is 12.5 Å². The summed E-state index contributed by atoms with van der Waals surface area (Å²) in [5, 5.41) is 12.3. The number of fused-ring (bicyclic) bond motifs is 1. The third-order valence-corrected chi connectivity index (χ3v) is 8.11. The van der Waals surface area contributed by atoms with Crippen LogP contribution in [-0.2, 0) is 11.2 Å². The third-order valence-electron chi connectivity index (χ3n) is 6.25. The standard InChI is InChI=1S/C27H29N5O2S2/c1-2-35-27-31-30-26(36-27)29-24(33)18-34-22-10-6-9-21-11-12-23(28-25(21)22)32-15-13-20(14-16-32)17-19-7-4-3-5-8-19/h3-12,20H,2,13-18H2,1H3,(H,29,30,33). The van der Waals surface area contributed by atoms with Crippen LogP contribution in [0.1, 0.15) is 25.3 Å². The third kappa shape index (κ3) is 6.14. The number of piperidine rings is 1. The molecule has 0 aliphatic carbocycles. The summed E-state index contributed by atoms with van der Waals surface area (Å²) in [5.74, 6) is 2.89. The fraction of sp³-hybridized carbons (Fsp3) is 0.333. The molecular formula is C27H29N5O2S2. The molecule has 2 aromatic carbocycles. The Hall–Kier alpha value is -3.17. The van der Waals surface area contributed by atoms with Crippen molar-refractivity contribution in [2.75, 3.05) is 35.7 Å². The van der Waals surface area contributed by atoms with Crippen molar-refractivity contribution < 1.29 is 9.53 Å². The van der Waals surface area contributed by atoms with E-state index in [0.29, 0.717) is 16.8 Å². The van der Waals surface area contributed by atoms with Crippen molar-refractivity contribution in [2.45, 2.75) is 30.5 Å². The molecule has 3 heterocycles. The van der Waals surface area contributed by atoms with Gasteiger partial charge in [0.15, 0.2) is 10.9 Å². The predicted molar refractivity (Wildman–Crippen MR) is 147 cm³/mol. The maximum Gasteiger partial charge on any atom is 0.264 e. The predicted octanol–water partition coefficient (Wildman–Crippen LogP) is 5.67. The number of anilines is 2. The molecule has 1 aliphatic rings. The second kappa shape index (κ2) is 11.7. The Morgan fingerprint density at radius 3 is 2.72 bits per heavy atom. The number of ether oxygens (including phenoxy) is 1. The lowest BCUT2D eigenvalue weighted by atomic mass is 9.90. The summed E-state index contributed by atoms with van der Waals surface area (Å²) >= 11 is 2.96. The molecule has 36 heavy (non-hydrogen) atoms. The van der Waals surface area contributed by atoms with Gasteiger partial charge in [0.2, 0.25) is 5.13 Å². The molecule has 0 unspecified atom stereocenters. The number of benzene rings is 2. The lowest BCUT2D eigenvalue weighted by Gasteiger charge is -2.33. The number of carbonyl (C=O) groups is 1. The first kappa shape index (κ1) is 24.5. The van der Waals surface area contributed by atoms with E-state index in [0.717, 1.165) is 59.2 Å². The molecule has 7 nitrogen and oxygen atoms in total. The van der Waals surface area contributed by atoms with E-state index in [1.165, 1.54) is 16.9 Å². The summed E-state index contributed by atoms with van der Waals surface area (Å²) in [5.41, 5.74) is 2.18. The number of amides is 1. The van der Waals surface area contributed by atoms with Crippen molar-refractivity contribution in [1.29, 1.82) is 0 Å². The smallest absolute Gasteiger partial charge is 0.264 e. The van der Waals surface area contributed by atoms with Crippen LogP contribution in [0.15, 0.2) is 65.0 Å². The molecule has 1 fully saturated rings. The highest BCUT2D eigenvalue weighted by Crippen LogP contribution is 2.30. The van der Waals surface area contributed by atoms with E-state index in [1.807, 2.05) is 18.2 Å². The SMILES string of the molecule is CCSc1nnc(NC(=O)COc2cccc3ccc(N4CCC(Cc5ccccc5)CC4)nc23)s1. The Morgan fingerprint density at radius 2 is 1.92 bits per heavy atom. The maximum atomic E-state index is 12.4.